The molecule has 1 unspecified atom stereocenters. The predicted octanol–water partition coefficient (Wildman–Crippen LogP) is 1.17. The maximum absolute atomic E-state index is 12.3. The van der Waals surface area contributed by atoms with Crippen LogP contribution in [0, 0.1) is 0 Å². The van der Waals surface area contributed by atoms with E-state index in [9.17, 15) is 18.0 Å². The fourth-order valence-corrected chi connectivity index (χ4v) is 1.73. The van der Waals surface area contributed by atoms with E-state index >= 15 is 0 Å². The first-order valence-electron chi connectivity index (χ1n) is 5.48. The highest BCUT2D eigenvalue weighted by Gasteiger charge is 2.41. The van der Waals surface area contributed by atoms with Crippen LogP contribution in [0.4, 0.5) is 13.2 Å². The number of primary amides is 1. The number of alkyl halides is 3. The molecule has 0 radical (unpaired) electrons. The number of carbonyl (C=O) groups excluding carboxylic acids is 1. The number of rotatable bonds is 6. The van der Waals surface area contributed by atoms with Crippen LogP contribution in [-0.4, -0.2) is 32.3 Å². The largest absolute Gasteiger partial charge is 0.401 e. The summed E-state index contributed by atoms with van der Waals surface area (Å²) in [4.78, 5) is 11.6. The van der Waals surface area contributed by atoms with Crippen molar-refractivity contribution in [3.05, 3.63) is 35.9 Å². The molecule has 0 aliphatic heterocycles. The zero-order chi connectivity index (χ0) is 14.5. The Morgan fingerprint density at radius 1 is 1.32 bits per heavy atom. The van der Waals surface area contributed by atoms with E-state index in [1.165, 1.54) is 19.2 Å². The van der Waals surface area contributed by atoms with Crippen LogP contribution in [-0.2, 0) is 15.1 Å². The molecular weight excluding hydrogens is 261 g/mol. The molecule has 106 valence electrons. The number of ether oxygens (including phenoxy) is 1. The van der Waals surface area contributed by atoms with Gasteiger partial charge in [0.05, 0.1) is 13.2 Å². The predicted molar refractivity (Wildman–Crippen MR) is 63.2 cm³/mol. The van der Waals surface area contributed by atoms with Crippen LogP contribution < -0.4 is 11.1 Å². The van der Waals surface area contributed by atoms with E-state index < -0.39 is 24.2 Å². The van der Waals surface area contributed by atoms with Crippen LogP contribution in [0.15, 0.2) is 30.3 Å². The number of carbonyl (C=O) groups is 1. The van der Waals surface area contributed by atoms with Crippen molar-refractivity contribution in [2.24, 2.45) is 5.73 Å². The highest BCUT2D eigenvalue weighted by atomic mass is 19.4. The van der Waals surface area contributed by atoms with Crippen molar-refractivity contribution < 1.29 is 22.7 Å². The summed E-state index contributed by atoms with van der Waals surface area (Å²) in [5.41, 5.74) is 3.89. The van der Waals surface area contributed by atoms with Gasteiger partial charge in [-0.05, 0) is 5.56 Å². The Morgan fingerprint density at radius 2 is 1.89 bits per heavy atom. The monoisotopic (exact) mass is 276 g/mol. The minimum absolute atomic E-state index is 0.289. The Kier molecular flexibility index (Phi) is 4.90. The van der Waals surface area contributed by atoms with Gasteiger partial charge in [-0.25, -0.2) is 0 Å². The molecule has 0 bridgehead atoms. The van der Waals surface area contributed by atoms with Gasteiger partial charge < -0.3 is 10.5 Å². The summed E-state index contributed by atoms with van der Waals surface area (Å²) in [6.45, 7) is -1.63. The van der Waals surface area contributed by atoms with Crippen molar-refractivity contribution in [3.8, 4) is 0 Å². The highest BCUT2D eigenvalue weighted by Crippen LogP contribution is 2.23. The number of hydrogen-bond donors (Lipinski definition) is 2. The van der Waals surface area contributed by atoms with Gasteiger partial charge in [0, 0.05) is 7.11 Å². The van der Waals surface area contributed by atoms with Gasteiger partial charge in [-0.2, -0.15) is 13.2 Å². The van der Waals surface area contributed by atoms with E-state index in [0.717, 1.165) is 0 Å². The van der Waals surface area contributed by atoms with Crippen molar-refractivity contribution in [1.29, 1.82) is 0 Å². The van der Waals surface area contributed by atoms with E-state index in [-0.39, 0.29) is 6.61 Å². The molecule has 1 atom stereocenters. The molecule has 7 heteroatoms. The van der Waals surface area contributed by atoms with Crippen LogP contribution in [0.25, 0.3) is 0 Å². The fourth-order valence-electron chi connectivity index (χ4n) is 1.73. The molecule has 0 aromatic heterocycles. The topological polar surface area (TPSA) is 64.3 Å². The summed E-state index contributed by atoms with van der Waals surface area (Å²) in [7, 11) is 1.29. The summed E-state index contributed by atoms with van der Waals surface area (Å²) in [6.07, 6.45) is -4.46. The van der Waals surface area contributed by atoms with Crippen LogP contribution >= 0.6 is 0 Å². The summed E-state index contributed by atoms with van der Waals surface area (Å²) in [6, 6.07) is 7.95. The first-order chi connectivity index (χ1) is 8.82. The molecule has 1 rings (SSSR count). The van der Waals surface area contributed by atoms with Crippen LogP contribution in [0.1, 0.15) is 5.56 Å². The Balaban J connectivity index is 3.11. The summed E-state index contributed by atoms with van der Waals surface area (Å²) >= 11 is 0. The lowest BCUT2D eigenvalue weighted by Gasteiger charge is -2.32. The third-order valence-electron chi connectivity index (χ3n) is 2.64. The molecule has 1 aromatic carbocycles. The zero-order valence-corrected chi connectivity index (χ0v) is 10.3. The quantitative estimate of drug-likeness (QED) is 0.819. The van der Waals surface area contributed by atoms with E-state index in [1.807, 2.05) is 0 Å². The van der Waals surface area contributed by atoms with Crippen LogP contribution in [0.3, 0.4) is 0 Å². The van der Waals surface area contributed by atoms with Gasteiger partial charge in [0.25, 0.3) is 0 Å². The molecule has 0 fully saturated rings. The maximum Gasteiger partial charge on any atom is 0.401 e. The average Bonchev–Trinajstić information content (AvgIpc) is 2.34. The minimum atomic E-state index is -4.46. The lowest BCUT2D eigenvalue weighted by Crippen LogP contribution is -2.57. The number of nitrogens with one attached hydrogen (secondary N) is 1. The molecule has 0 spiro atoms. The van der Waals surface area contributed by atoms with Crippen LogP contribution in [0.5, 0.6) is 0 Å². The van der Waals surface area contributed by atoms with Gasteiger partial charge in [-0.1, -0.05) is 30.3 Å². The molecule has 0 heterocycles. The molecule has 19 heavy (non-hydrogen) atoms. The SMILES string of the molecule is COCC(NCC(F)(F)F)(C(N)=O)c1ccccc1. The second-order valence-electron chi connectivity index (χ2n) is 4.04. The first kappa shape index (κ1) is 15.5. The van der Waals surface area contributed by atoms with Crippen molar-refractivity contribution in [2.45, 2.75) is 11.7 Å². The molecule has 1 aromatic rings. The number of halogens is 3. The Hall–Kier alpha value is -1.60. The van der Waals surface area contributed by atoms with Crippen molar-refractivity contribution in [2.75, 3.05) is 20.3 Å². The summed E-state index contributed by atoms with van der Waals surface area (Å²) < 4.78 is 41.9. The third kappa shape index (κ3) is 3.93. The Labute approximate surface area is 108 Å². The smallest absolute Gasteiger partial charge is 0.382 e. The lowest BCUT2D eigenvalue weighted by molar-refractivity contribution is -0.139. The second-order valence-corrected chi connectivity index (χ2v) is 4.04. The minimum Gasteiger partial charge on any atom is -0.382 e. The molecule has 0 saturated heterocycles. The summed E-state index contributed by atoms with van der Waals surface area (Å²) in [5, 5.41) is 2.17. The zero-order valence-electron chi connectivity index (χ0n) is 10.3. The number of methoxy groups -OCH3 is 1. The first-order valence-corrected chi connectivity index (χ1v) is 5.48. The van der Waals surface area contributed by atoms with Crippen molar-refractivity contribution >= 4 is 5.91 Å². The standard InChI is InChI=1S/C12H15F3N2O2/c1-19-8-11(10(16)18,17-7-12(13,14)15)9-5-3-2-4-6-9/h2-6,17H,7-8H2,1H3,(H2,16,18). The van der Waals surface area contributed by atoms with Crippen molar-refractivity contribution in [1.82, 2.24) is 5.32 Å². The average molecular weight is 276 g/mol. The maximum atomic E-state index is 12.3. The van der Waals surface area contributed by atoms with E-state index in [2.05, 4.69) is 5.32 Å². The van der Waals surface area contributed by atoms with E-state index in [4.69, 9.17) is 10.5 Å². The fraction of sp³-hybridized carbons (Fsp3) is 0.417. The Morgan fingerprint density at radius 3 is 2.32 bits per heavy atom. The third-order valence-corrected chi connectivity index (χ3v) is 2.64. The van der Waals surface area contributed by atoms with Gasteiger partial charge in [0.2, 0.25) is 5.91 Å². The van der Waals surface area contributed by atoms with Gasteiger partial charge in [0.1, 0.15) is 5.54 Å². The molecule has 0 aliphatic carbocycles. The number of amides is 1. The molecule has 4 nitrogen and oxygen atoms in total. The second kappa shape index (κ2) is 6.03. The van der Waals surface area contributed by atoms with Crippen molar-refractivity contribution in [3.63, 3.8) is 0 Å². The van der Waals surface area contributed by atoms with Gasteiger partial charge in [-0.3, -0.25) is 10.1 Å². The molecule has 1 amide bonds. The molecule has 0 saturated carbocycles. The number of benzene rings is 1. The number of nitrogens with two attached hydrogens (primary N) is 1. The highest BCUT2D eigenvalue weighted by molar-refractivity contribution is 5.86. The normalized spacial score (nSPS) is 14.9. The summed E-state index contributed by atoms with van der Waals surface area (Å²) in [5.74, 6) is -0.926. The van der Waals surface area contributed by atoms with Gasteiger partial charge >= 0.3 is 6.18 Å². The number of hydrogen-bond acceptors (Lipinski definition) is 3. The van der Waals surface area contributed by atoms with E-state index in [0.29, 0.717) is 5.56 Å². The lowest BCUT2D eigenvalue weighted by atomic mass is 9.89. The van der Waals surface area contributed by atoms with E-state index in [1.54, 1.807) is 18.2 Å². The molecular formula is C12H15F3N2O2. The van der Waals surface area contributed by atoms with Gasteiger partial charge in [-0.15, -0.1) is 0 Å². The molecule has 3 N–H and O–H groups in total. The van der Waals surface area contributed by atoms with Gasteiger partial charge in [0.15, 0.2) is 0 Å². The Bertz CT molecular complexity index is 423. The molecule has 0 aliphatic rings. The van der Waals surface area contributed by atoms with Crippen LogP contribution in [0.2, 0.25) is 0 Å².